The van der Waals surface area contributed by atoms with E-state index < -0.39 is 12.0 Å². The summed E-state index contributed by atoms with van der Waals surface area (Å²) >= 11 is 0. The first-order valence-corrected chi connectivity index (χ1v) is 18.5. The molecule has 6 heterocycles. The summed E-state index contributed by atoms with van der Waals surface area (Å²) in [4.78, 5) is 7.70. The minimum Gasteiger partial charge on any atom is -0.380 e. The topological polar surface area (TPSA) is 65.1 Å². The second-order valence-corrected chi connectivity index (χ2v) is 16.3. The number of alkyl halides is 1. The van der Waals surface area contributed by atoms with E-state index in [0.29, 0.717) is 50.8 Å². The van der Waals surface area contributed by atoms with Crippen LogP contribution in [-0.2, 0) is 28.4 Å². The van der Waals surface area contributed by atoms with Crippen molar-refractivity contribution in [2.24, 2.45) is 5.92 Å². The van der Waals surface area contributed by atoms with Crippen molar-refractivity contribution in [2.45, 2.75) is 151 Å². The SMILES string of the molecule is COC1CN2CCCC2(CO[C@@H](C)CCOC2(OC)CN3CCC(C4CC[C@]5(COC(C)C)C[C@@H](F)CN45)C3(COC(C)C)C2)C1. The van der Waals surface area contributed by atoms with Gasteiger partial charge in [0.2, 0.25) is 0 Å². The van der Waals surface area contributed by atoms with Gasteiger partial charge < -0.3 is 28.4 Å². The molecule has 9 nitrogen and oxygen atoms in total. The predicted octanol–water partition coefficient (Wildman–Crippen LogP) is 4.65. The molecule has 6 fully saturated rings. The quantitative estimate of drug-likeness (QED) is 0.222. The van der Waals surface area contributed by atoms with Crippen molar-refractivity contribution in [1.29, 1.82) is 0 Å². The van der Waals surface area contributed by atoms with Crippen molar-refractivity contribution in [3.8, 4) is 0 Å². The number of nitrogens with zero attached hydrogens (tertiary/aromatic N) is 3. The molecule has 6 aliphatic rings. The van der Waals surface area contributed by atoms with Gasteiger partial charge >= 0.3 is 0 Å². The van der Waals surface area contributed by atoms with Crippen LogP contribution in [0.25, 0.3) is 0 Å². The van der Waals surface area contributed by atoms with Gasteiger partial charge in [0.1, 0.15) is 6.17 Å². The summed E-state index contributed by atoms with van der Waals surface area (Å²) in [5.74, 6) is -0.336. The molecule has 0 aliphatic carbocycles. The first kappa shape index (κ1) is 35.4. The van der Waals surface area contributed by atoms with Crippen LogP contribution < -0.4 is 0 Å². The summed E-state index contributed by atoms with van der Waals surface area (Å²) in [5.41, 5.74) is -0.265. The second kappa shape index (κ2) is 14.1. The van der Waals surface area contributed by atoms with E-state index in [4.69, 9.17) is 28.4 Å². The van der Waals surface area contributed by atoms with Crippen LogP contribution in [0.5, 0.6) is 0 Å². The molecule has 9 atom stereocenters. The molecule has 6 saturated heterocycles. The number of rotatable bonds is 16. The zero-order chi connectivity index (χ0) is 32.7. The van der Waals surface area contributed by atoms with E-state index in [-0.39, 0.29) is 34.9 Å². The fourth-order valence-corrected chi connectivity index (χ4v) is 10.4. The second-order valence-electron chi connectivity index (χ2n) is 16.3. The number of halogens is 1. The molecular formula is C36H64FN3O6. The lowest BCUT2D eigenvalue weighted by atomic mass is 9.77. The molecule has 0 aromatic rings. The molecule has 46 heavy (non-hydrogen) atoms. The Bertz CT molecular complexity index is 1020. The van der Waals surface area contributed by atoms with Crippen LogP contribution in [0.2, 0.25) is 0 Å². The summed E-state index contributed by atoms with van der Waals surface area (Å²) in [6.45, 7) is 17.6. The highest BCUT2D eigenvalue weighted by Gasteiger charge is 2.66. The maximum atomic E-state index is 15.1. The van der Waals surface area contributed by atoms with Gasteiger partial charge in [-0.25, -0.2) is 4.39 Å². The van der Waals surface area contributed by atoms with E-state index in [0.717, 1.165) is 71.3 Å². The van der Waals surface area contributed by atoms with Gasteiger partial charge in [-0.05, 0) is 98.6 Å². The Morgan fingerprint density at radius 2 is 1.59 bits per heavy atom. The van der Waals surface area contributed by atoms with Crippen LogP contribution in [0, 0.1) is 5.92 Å². The summed E-state index contributed by atoms with van der Waals surface area (Å²) in [6, 6.07) is 0.307. The van der Waals surface area contributed by atoms with Gasteiger partial charge in [-0.2, -0.15) is 0 Å². The lowest BCUT2D eigenvalue weighted by molar-refractivity contribution is -0.219. The molecule has 0 radical (unpaired) electrons. The average Bonchev–Trinajstić information content (AvgIpc) is 3.82. The Morgan fingerprint density at radius 1 is 0.826 bits per heavy atom. The smallest absolute Gasteiger partial charge is 0.182 e. The van der Waals surface area contributed by atoms with Crippen LogP contribution in [-0.4, -0.2) is 147 Å². The Hall–Kier alpha value is -0.430. The molecule has 10 heteroatoms. The number of hydrogen-bond acceptors (Lipinski definition) is 9. The zero-order valence-electron chi connectivity index (χ0n) is 29.9. The van der Waals surface area contributed by atoms with Crippen molar-refractivity contribution in [3.63, 3.8) is 0 Å². The highest BCUT2D eigenvalue weighted by molar-refractivity contribution is 5.18. The van der Waals surface area contributed by atoms with Gasteiger partial charge in [-0.3, -0.25) is 14.7 Å². The molecule has 266 valence electrons. The highest BCUT2D eigenvalue weighted by Crippen LogP contribution is 2.55. The Kier molecular flexibility index (Phi) is 10.8. The fraction of sp³-hybridized carbons (Fsp3) is 1.00. The molecule has 0 amide bonds. The largest absolute Gasteiger partial charge is 0.380 e. The van der Waals surface area contributed by atoms with Crippen molar-refractivity contribution >= 4 is 0 Å². The van der Waals surface area contributed by atoms with Gasteiger partial charge in [-0.15, -0.1) is 0 Å². The minimum absolute atomic E-state index is 0.100. The molecule has 0 saturated carbocycles. The molecule has 0 N–H and O–H groups in total. The van der Waals surface area contributed by atoms with Crippen LogP contribution in [0.15, 0.2) is 0 Å². The van der Waals surface area contributed by atoms with Crippen molar-refractivity contribution < 1.29 is 32.8 Å². The zero-order valence-corrected chi connectivity index (χ0v) is 29.9. The van der Waals surface area contributed by atoms with Gasteiger partial charge in [-0.1, -0.05) is 0 Å². The maximum Gasteiger partial charge on any atom is 0.182 e. The third-order valence-corrected chi connectivity index (χ3v) is 12.8. The standard InChI is InChI=1S/C36H64FN3O6/c1-26(2)43-24-34-13-9-32(40(34)19-29(37)17-34)31-10-15-39-22-36(42-7,21-35(31,39)25-44-27(3)4)46-16-11-28(5)45-23-33-12-8-14-38(33)20-30(18-33)41-6/h26-32H,8-25H2,1-7H3/t28-,29+,30?,31?,32?,33?,34+,35?,36?/m0/s1. The first-order valence-electron chi connectivity index (χ1n) is 18.5. The van der Waals surface area contributed by atoms with E-state index >= 15 is 4.39 Å². The van der Waals surface area contributed by atoms with Crippen LogP contribution >= 0.6 is 0 Å². The number of hydrogen-bond donors (Lipinski definition) is 0. The van der Waals surface area contributed by atoms with Gasteiger partial charge in [0, 0.05) is 57.3 Å². The summed E-state index contributed by atoms with van der Waals surface area (Å²) in [6.07, 6.45) is 8.73. The third-order valence-electron chi connectivity index (χ3n) is 12.8. The molecule has 0 bridgehead atoms. The van der Waals surface area contributed by atoms with Crippen molar-refractivity contribution in [2.75, 3.05) is 73.4 Å². The van der Waals surface area contributed by atoms with Crippen molar-refractivity contribution in [3.05, 3.63) is 0 Å². The molecule has 6 rings (SSSR count). The lowest BCUT2D eigenvalue weighted by Gasteiger charge is -2.44. The number of fused-ring (bicyclic) bond motifs is 3. The van der Waals surface area contributed by atoms with Gasteiger partial charge in [0.25, 0.3) is 0 Å². The highest BCUT2D eigenvalue weighted by atomic mass is 19.1. The van der Waals surface area contributed by atoms with Gasteiger partial charge in [0.15, 0.2) is 5.79 Å². The Morgan fingerprint density at radius 3 is 2.33 bits per heavy atom. The van der Waals surface area contributed by atoms with E-state index in [2.05, 4.69) is 49.3 Å². The van der Waals surface area contributed by atoms with Crippen LogP contribution in [0.1, 0.15) is 92.4 Å². The van der Waals surface area contributed by atoms with Crippen molar-refractivity contribution in [1.82, 2.24) is 14.7 Å². The predicted molar refractivity (Wildman–Crippen MR) is 176 cm³/mol. The molecule has 0 aromatic carbocycles. The molecule has 6 unspecified atom stereocenters. The Labute approximate surface area is 278 Å². The molecule has 6 aliphatic heterocycles. The normalized spacial score (nSPS) is 42.1. The monoisotopic (exact) mass is 653 g/mol. The van der Waals surface area contributed by atoms with Gasteiger partial charge in [0.05, 0.1) is 62.9 Å². The fourth-order valence-electron chi connectivity index (χ4n) is 10.4. The summed E-state index contributed by atoms with van der Waals surface area (Å²) in [7, 11) is 3.63. The van der Waals surface area contributed by atoms with Crippen LogP contribution in [0.4, 0.5) is 4.39 Å². The van der Waals surface area contributed by atoms with E-state index in [1.54, 1.807) is 7.11 Å². The first-order chi connectivity index (χ1) is 22.0. The number of ether oxygens (including phenoxy) is 6. The Balaban J connectivity index is 1.11. The minimum atomic E-state index is -0.792. The molecule has 0 aromatic heterocycles. The molecule has 0 spiro atoms. The average molecular weight is 654 g/mol. The summed E-state index contributed by atoms with van der Waals surface area (Å²) in [5, 5.41) is 0. The number of methoxy groups -OCH3 is 2. The van der Waals surface area contributed by atoms with E-state index in [9.17, 15) is 0 Å². The van der Waals surface area contributed by atoms with E-state index in [1.807, 2.05) is 7.11 Å². The lowest BCUT2D eigenvalue weighted by Crippen LogP contribution is -2.56. The van der Waals surface area contributed by atoms with Crippen LogP contribution in [0.3, 0.4) is 0 Å². The maximum absolute atomic E-state index is 15.1. The summed E-state index contributed by atoms with van der Waals surface area (Å²) < 4.78 is 53.0. The van der Waals surface area contributed by atoms with E-state index in [1.165, 1.54) is 12.8 Å². The molecular weight excluding hydrogens is 589 g/mol. The third kappa shape index (κ3) is 6.70.